The van der Waals surface area contributed by atoms with Crippen LogP contribution in [0, 0.1) is 5.92 Å². The number of hydrogen-bond donors (Lipinski definition) is 2. The number of ketones is 1. The van der Waals surface area contributed by atoms with Crippen LogP contribution >= 0.6 is 0 Å². The van der Waals surface area contributed by atoms with Crippen molar-refractivity contribution in [2.75, 3.05) is 13.1 Å². The minimum Gasteiger partial charge on any atom is -0.504 e. The lowest BCUT2D eigenvalue weighted by Crippen LogP contribution is -2.74. The number of aliphatic hydroxyl groups is 1. The molecule has 1 saturated heterocycles. The Labute approximate surface area is 234 Å². The zero-order chi connectivity index (χ0) is 27.2. The highest BCUT2D eigenvalue weighted by atomic mass is 16.5. The quantitative estimate of drug-likeness (QED) is 0.430. The van der Waals surface area contributed by atoms with Gasteiger partial charge in [0, 0.05) is 43.7 Å². The number of aromatic nitrogens is 1. The minimum atomic E-state index is -0.988. The molecule has 0 amide bonds. The number of allylic oxidation sites excluding steroid dienone is 1. The third kappa shape index (κ3) is 3.32. The fourth-order valence-electron chi connectivity index (χ4n) is 8.47. The Bertz CT molecular complexity index is 1550. The number of rotatable bonds is 7. The molecule has 1 spiro atoms. The minimum absolute atomic E-state index is 0.0165. The predicted molar refractivity (Wildman–Crippen MR) is 152 cm³/mol. The van der Waals surface area contributed by atoms with Crippen molar-refractivity contribution in [2.45, 2.75) is 68.1 Å². The first-order chi connectivity index (χ1) is 19.4. The van der Waals surface area contributed by atoms with Crippen LogP contribution in [0.4, 0.5) is 0 Å². The van der Waals surface area contributed by atoms with Crippen LogP contribution in [0.5, 0.6) is 11.5 Å². The SMILES string of the molecule is Cn1c(/C=C/C(=O)CCc2ccccc2)cc2c1[C@@H]1Oc3c(O)ccc4c3[C@@]13CCN(CC1CC1)[C@@H](C4)[C@]3(O)C2. The Morgan fingerprint density at radius 2 is 1.98 bits per heavy atom. The average Bonchev–Trinajstić information content (AvgIpc) is 3.62. The average molecular weight is 537 g/mol. The third-order valence-electron chi connectivity index (χ3n) is 10.6. The molecule has 0 radical (unpaired) electrons. The predicted octanol–water partition coefficient (Wildman–Crippen LogP) is 4.64. The maximum Gasteiger partial charge on any atom is 0.166 e. The summed E-state index contributed by atoms with van der Waals surface area (Å²) in [5.74, 6) is 1.55. The number of nitrogens with zero attached hydrogens (tertiary/aromatic N) is 2. The van der Waals surface area contributed by atoms with Crippen LogP contribution in [-0.4, -0.2) is 50.2 Å². The van der Waals surface area contributed by atoms with E-state index in [2.05, 4.69) is 27.7 Å². The van der Waals surface area contributed by atoms with Crippen LogP contribution in [-0.2, 0) is 36.5 Å². The van der Waals surface area contributed by atoms with Gasteiger partial charge in [-0.2, -0.15) is 0 Å². The third-order valence-corrected chi connectivity index (χ3v) is 10.6. The molecule has 2 aliphatic heterocycles. The highest BCUT2D eigenvalue weighted by Gasteiger charge is 2.72. The van der Waals surface area contributed by atoms with Gasteiger partial charge in [-0.15, -0.1) is 0 Å². The van der Waals surface area contributed by atoms with Crippen molar-refractivity contribution < 1.29 is 19.7 Å². The Kier molecular flexibility index (Phi) is 5.24. The standard InChI is InChI=1S/C34H36N2O4/c1-35-25(11-13-26(37)12-9-21-5-3-2-4-6-21)17-24-19-34(39)28-18-23-10-14-27(38)31-29(23)33(34,32(40-31)30(24)35)15-16-36(28)20-22-7-8-22/h2-6,10-11,13-14,17,22,28,32,38-39H,7-9,12,15-16,18-20H2,1H3/b13-11+/t28-,32-,33-,34+/m0/s1. The first-order valence-electron chi connectivity index (χ1n) is 14.8. The van der Waals surface area contributed by atoms with E-state index in [0.717, 1.165) is 66.3 Å². The monoisotopic (exact) mass is 536 g/mol. The maximum absolute atomic E-state index is 12.9. The van der Waals surface area contributed by atoms with Crippen molar-refractivity contribution >= 4 is 11.9 Å². The van der Waals surface area contributed by atoms with Gasteiger partial charge in [0.1, 0.15) is 0 Å². The fourth-order valence-corrected chi connectivity index (χ4v) is 8.47. The number of fused-ring (bicyclic) bond motifs is 2. The summed E-state index contributed by atoms with van der Waals surface area (Å²) < 4.78 is 8.83. The summed E-state index contributed by atoms with van der Waals surface area (Å²) in [6.45, 7) is 1.98. The molecule has 2 fully saturated rings. The molecule has 206 valence electrons. The lowest BCUT2D eigenvalue weighted by molar-refractivity contribution is -0.173. The maximum atomic E-state index is 12.9. The van der Waals surface area contributed by atoms with Gasteiger partial charge in [-0.3, -0.25) is 9.69 Å². The number of aryl methyl sites for hydroxylation is 1. The lowest BCUT2D eigenvalue weighted by atomic mass is 9.49. The first-order valence-corrected chi connectivity index (χ1v) is 14.8. The molecule has 40 heavy (non-hydrogen) atoms. The second-order valence-electron chi connectivity index (χ2n) is 12.8. The van der Waals surface area contributed by atoms with E-state index in [1.807, 2.05) is 37.4 Å². The molecule has 3 heterocycles. The molecule has 1 aromatic heterocycles. The van der Waals surface area contributed by atoms with Crippen molar-refractivity contribution in [3.63, 3.8) is 0 Å². The zero-order valence-electron chi connectivity index (χ0n) is 23.0. The van der Waals surface area contributed by atoms with Gasteiger partial charge < -0.3 is 19.5 Å². The number of benzene rings is 2. The molecule has 1 saturated carbocycles. The van der Waals surface area contributed by atoms with E-state index in [1.54, 1.807) is 12.1 Å². The molecule has 3 aliphatic carbocycles. The normalized spacial score (nSPS) is 29.8. The lowest BCUT2D eigenvalue weighted by Gasteiger charge is -2.62. The van der Waals surface area contributed by atoms with Gasteiger partial charge in [-0.1, -0.05) is 36.4 Å². The van der Waals surface area contributed by atoms with E-state index in [0.29, 0.717) is 18.6 Å². The van der Waals surface area contributed by atoms with Crippen molar-refractivity contribution in [1.29, 1.82) is 0 Å². The van der Waals surface area contributed by atoms with Crippen LogP contribution in [0.3, 0.4) is 0 Å². The number of phenols is 1. The largest absolute Gasteiger partial charge is 0.504 e. The molecule has 8 rings (SSSR count). The summed E-state index contributed by atoms with van der Waals surface area (Å²) in [6, 6.07) is 16.0. The smallest absolute Gasteiger partial charge is 0.166 e. The number of ether oxygens (including phenoxy) is 1. The number of aromatic hydroxyl groups is 1. The molecule has 2 aromatic carbocycles. The van der Waals surface area contributed by atoms with Crippen molar-refractivity contribution in [1.82, 2.24) is 9.47 Å². The Morgan fingerprint density at radius 1 is 1.15 bits per heavy atom. The summed E-state index contributed by atoms with van der Waals surface area (Å²) in [6.07, 6.45) is 9.11. The molecular weight excluding hydrogens is 500 g/mol. The summed E-state index contributed by atoms with van der Waals surface area (Å²) in [5, 5.41) is 23.8. The van der Waals surface area contributed by atoms with Gasteiger partial charge in [0.25, 0.3) is 0 Å². The van der Waals surface area contributed by atoms with Gasteiger partial charge in [0.15, 0.2) is 23.4 Å². The fraction of sp³-hybridized carbons (Fsp3) is 0.441. The van der Waals surface area contributed by atoms with Crippen molar-refractivity contribution in [2.24, 2.45) is 13.0 Å². The van der Waals surface area contributed by atoms with Gasteiger partial charge in [0.2, 0.25) is 0 Å². The molecule has 5 aliphatic rings. The summed E-state index contributed by atoms with van der Waals surface area (Å²) in [5.41, 5.74) is 4.88. The molecule has 4 atom stereocenters. The van der Waals surface area contributed by atoms with Crippen LogP contribution in [0.1, 0.15) is 65.4 Å². The Morgan fingerprint density at radius 3 is 2.77 bits per heavy atom. The van der Waals surface area contributed by atoms with E-state index in [-0.39, 0.29) is 23.7 Å². The number of carbonyl (C=O) groups excluding carboxylic acids is 1. The number of likely N-dealkylation sites (tertiary alicyclic amines) is 1. The molecule has 2 bridgehead atoms. The van der Waals surface area contributed by atoms with Crippen LogP contribution in [0.25, 0.3) is 6.08 Å². The summed E-state index contributed by atoms with van der Waals surface area (Å²) in [4.78, 5) is 15.3. The number of carbonyl (C=O) groups is 1. The zero-order valence-corrected chi connectivity index (χ0v) is 23.0. The van der Waals surface area contributed by atoms with Crippen molar-refractivity contribution in [3.05, 3.63) is 88.2 Å². The molecular formula is C34H36N2O4. The van der Waals surface area contributed by atoms with Crippen LogP contribution < -0.4 is 4.74 Å². The van der Waals surface area contributed by atoms with E-state index < -0.39 is 11.0 Å². The molecule has 6 nitrogen and oxygen atoms in total. The van der Waals surface area contributed by atoms with E-state index >= 15 is 0 Å². The highest BCUT2D eigenvalue weighted by molar-refractivity contribution is 5.93. The van der Waals surface area contributed by atoms with Gasteiger partial charge in [-0.25, -0.2) is 0 Å². The molecule has 6 heteroatoms. The topological polar surface area (TPSA) is 74.9 Å². The van der Waals surface area contributed by atoms with Crippen LogP contribution in [0.2, 0.25) is 0 Å². The second kappa shape index (κ2) is 8.58. The van der Waals surface area contributed by atoms with Gasteiger partial charge >= 0.3 is 0 Å². The highest BCUT2D eigenvalue weighted by Crippen LogP contribution is 2.68. The summed E-state index contributed by atoms with van der Waals surface area (Å²) >= 11 is 0. The van der Waals surface area contributed by atoms with Gasteiger partial charge in [0.05, 0.1) is 16.7 Å². The van der Waals surface area contributed by atoms with E-state index in [9.17, 15) is 15.0 Å². The number of hydrogen-bond acceptors (Lipinski definition) is 5. The van der Waals surface area contributed by atoms with Crippen molar-refractivity contribution in [3.8, 4) is 11.5 Å². The number of piperidine rings is 1. The second-order valence-corrected chi connectivity index (χ2v) is 12.8. The molecule has 0 unspecified atom stereocenters. The Hall–Kier alpha value is -3.35. The molecule has 2 N–H and O–H groups in total. The Balaban J connectivity index is 1.17. The first kappa shape index (κ1) is 24.4. The van der Waals surface area contributed by atoms with E-state index in [4.69, 9.17) is 4.74 Å². The summed E-state index contributed by atoms with van der Waals surface area (Å²) in [7, 11) is 2.03. The number of phenolic OH excluding ortho intramolecular Hbond substituents is 1. The van der Waals surface area contributed by atoms with E-state index in [1.165, 1.54) is 18.4 Å². The van der Waals surface area contributed by atoms with Crippen LogP contribution in [0.15, 0.2) is 54.6 Å². The van der Waals surface area contributed by atoms with Gasteiger partial charge in [-0.05, 0) is 85.5 Å². The molecule has 3 aromatic rings.